The van der Waals surface area contributed by atoms with Crippen LogP contribution >= 0.6 is 11.3 Å². The third kappa shape index (κ3) is 3.27. The summed E-state index contributed by atoms with van der Waals surface area (Å²) < 4.78 is 5.44. The highest BCUT2D eigenvalue weighted by Gasteiger charge is 2.28. The number of carbonyl (C=O) groups is 1. The molecule has 0 radical (unpaired) electrons. The summed E-state index contributed by atoms with van der Waals surface area (Å²) in [5.74, 6) is 2.09. The number of aryl methyl sites for hydroxylation is 2. The van der Waals surface area contributed by atoms with Gasteiger partial charge in [-0.25, -0.2) is 9.97 Å². The first-order valence-corrected chi connectivity index (χ1v) is 10.4. The third-order valence-electron chi connectivity index (χ3n) is 5.76. The predicted molar refractivity (Wildman–Crippen MR) is 108 cm³/mol. The van der Waals surface area contributed by atoms with Gasteiger partial charge in [-0.2, -0.15) is 0 Å². The average molecular weight is 384 g/mol. The monoisotopic (exact) mass is 383 g/mol. The van der Waals surface area contributed by atoms with Crippen molar-refractivity contribution in [3.8, 4) is 11.6 Å². The minimum Gasteiger partial charge on any atom is -0.461 e. The molecule has 27 heavy (non-hydrogen) atoms. The molecular weight excluding hydrogens is 358 g/mol. The van der Waals surface area contributed by atoms with E-state index >= 15 is 0 Å². The van der Waals surface area contributed by atoms with Crippen molar-refractivity contribution in [2.45, 2.75) is 52.5 Å². The zero-order valence-corrected chi connectivity index (χ0v) is 17.1. The van der Waals surface area contributed by atoms with Crippen LogP contribution < -0.4 is 0 Å². The van der Waals surface area contributed by atoms with Crippen LogP contribution in [-0.2, 0) is 0 Å². The maximum atomic E-state index is 13.2. The lowest BCUT2D eigenvalue weighted by Crippen LogP contribution is -2.39. The summed E-state index contributed by atoms with van der Waals surface area (Å²) in [6, 6.07) is 4.02. The fraction of sp³-hybridized carbons (Fsp3) is 0.476. The van der Waals surface area contributed by atoms with Crippen LogP contribution in [0, 0.1) is 19.8 Å². The van der Waals surface area contributed by atoms with E-state index in [-0.39, 0.29) is 5.91 Å². The van der Waals surface area contributed by atoms with Crippen LogP contribution in [0.2, 0.25) is 0 Å². The Labute approximate surface area is 163 Å². The fourth-order valence-electron chi connectivity index (χ4n) is 4.01. The Balaban J connectivity index is 1.68. The largest absolute Gasteiger partial charge is 0.461 e. The van der Waals surface area contributed by atoms with Crippen LogP contribution in [0.4, 0.5) is 0 Å². The minimum absolute atomic E-state index is 0.106. The molecule has 142 valence electrons. The van der Waals surface area contributed by atoms with Crippen LogP contribution in [-0.4, -0.2) is 33.9 Å². The van der Waals surface area contributed by atoms with Crippen LogP contribution in [0.25, 0.3) is 21.8 Å². The van der Waals surface area contributed by atoms with Crippen molar-refractivity contribution in [2.24, 2.45) is 5.92 Å². The first kappa shape index (κ1) is 18.2. The fourth-order valence-corrected chi connectivity index (χ4v) is 5.23. The number of carbonyl (C=O) groups excluding carboxylic acids is 1. The molecule has 3 aromatic rings. The van der Waals surface area contributed by atoms with E-state index in [0.29, 0.717) is 17.6 Å². The zero-order valence-electron chi connectivity index (χ0n) is 16.3. The summed E-state index contributed by atoms with van der Waals surface area (Å²) in [6.45, 7) is 6.27. The number of fused-ring (bicyclic) bond motifs is 1. The Morgan fingerprint density at radius 2 is 1.96 bits per heavy atom. The molecule has 0 saturated heterocycles. The van der Waals surface area contributed by atoms with Crippen molar-refractivity contribution < 1.29 is 9.21 Å². The van der Waals surface area contributed by atoms with E-state index in [1.165, 1.54) is 24.2 Å². The molecule has 0 N–H and O–H groups in total. The van der Waals surface area contributed by atoms with Gasteiger partial charge in [0.1, 0.15) is 4.83 Å². The lowest BCUT2D eigenvalue weighted by atomic mass is 9.86. The Bertz CT molecular complexity index is 969. The number of rotatable bonds is 3. The van der Waals surface area contributed by atoms with Crippen molar-refractivity contribution in [3.63, 3.8) is 0 Å². The van der Waals surface area contributed by atoms with E-state index < -0.39 is 0 Å². The van der Waals surface area contributed by atoms with Gasteiger partial charge in [0.2, 0.25) is 0 Å². The summed E-state index contributed by atoms with van der Waals surface area (Å²) in [4.78, 5) is 26.0. The lowest BCUT2D eigenvalue weighted by Gasteiger charge is -2.33. The molecule has 1 amide bonds. The molecule has 0 bridgehead atoms. The van der Waals surface area contributed by atoms with E-state index in [2.05, 4.69) is 16.9 Å². The van der Waals surface area contributed by atoms with Gasteiger partial charge in [-0.15, -0.1) is 11.3 Å². The van der Waals surface area contributed by atoms with Gasteiger partial charge in [-0.1, -0.05) is 6.92 Å². The van der Waals surface area contributed by atoms with E-state index in [1.807, 2.05) is 37.9 Å². The van der Waals surface area contributed by atoms with Crippen LogP contribution in [0.1, 0.15) is 53.5 Å². The Hall–Kier alpha value is -2.21. The molecule has 0 atom stereocenters. The quantitative estimate of drug-likeness (QED) is 0.622. The van der Waals surface area contributed by atoms with Crippen LogP contribution in [0.15, 0.2) is 22.8 Å². The number of nitrogens with zero attached hydrogens (tertiary/aromatic N) is 3. The molecule has 3 aromatic heterocycles. The average Bonchev–Trinajstić information content (AvgIpc) is 3.29. The number of hydrogen-bond acceptors (Lipinski definition) is 5. The summed E-state index contributed by atoms with van der Waals surface area (Å²) >= 11 is 1.47. The van der Waals surface area contributed by atoms with Gasteiger partial charge in [0.25, 0.3) is 5.91 Å². The van der Waals surface area contributed by atoms with Crippen LogP contribution in [0.3, 0.4) is 0 Å². The van der Waals surface area contributed by atoms with Crippen LogP contribution in [0.5, 0.6) is 0 Å². The molecule has 6 heteroatoms. The molecular formula is C21H25N3O2S. The van der Waals surface area contributed by atoms with E-state index in [1.54, 1.807) is 6.26 Å². The SMILES string of the molecule is Cc1nc(-c2ccco2)nc2sc(C(=O)N(C)C3CCC(C)CC3)c(C)c12. The second-order valence-electron chi connectivity index (χ2n) is 7.68. The molecule has 0 unspecified atom stereocenters. The number of aromatic nitrogens is 2. The summed E-state index contributed by atoms with van der Waals surface area (Å²) in [7, 11) is 1.94. The van der Waals surface area contributed by atoms with Gasteiger partial charge >= 0.3 is 0 Å². The van der Waals surface area contributed by atoms with Gasteiger partial charge in [-0.05, 0) is 63.1 Å². The number of thiophene rings is 1. The first-order valence-electron chi connectivity index (χ1n) is 9.54. The molecule has 0 aliphatic heterocycles. The summed E-state index contributed by atoms with van der Waals surface area (Å²) in [6.07, 6.45) is 6.20. The van der Waals surface area contributed by atoms with Crippen molar-refractivity contribution in [1.29, 1.82) is 0 Å². The zero-order chi connectivity index (χ0) is 19.1. The molecule has 3 heterocycles. The van der Waals surface area contributed by atoms with Gasteiger partial charge in [0, 0.05) is 18.5 Å². The minimum atomic E-state index is 0.106. The normalized spacial score (nSPS) is 20.1. The van der Waals surface area contributed by atoms with Crippen molar-refractivity contribution in [1.82, 2.24) is 14.9 Å². The second-order valence-corrected chi connectivity index (χ2v) is 8.68. The van der Waals surface area contributed by atoms with Crippen molar-refractivity contribution in [3.05, 3.63) is 34.5 Å². The highest BCUT2D eigenvalue weighted by Crippen LogP contribution is 2.35. The third-order valence-corrected chi connectivity index (χ3v) is 6.93. The molecule has 4 rings (SSSR count). The Morgan fingerprint density at radius 1 is 1.22 bits per heavy atom. The van der Waals surface area contributed by atoms with Crippen molar-refractivity contribution >= 4 is 27.5 Å². The number of hydrogen-bond donors (Lipinski definition) is 0. The van der Waals surface area contributed by atoms with Gasteiger partial charge in [0.05, 0.1) is 16.8 Å². The standard InChI is InChI=1S/C21H25N3O2S/c1-12-7-9-15(10-8-12)24(4)21(25)18-13(2)17-14(3)22-19(23-20(17)27-18)16-6-5-11-26-16/h5-6,11-12,15H,7-10H2,1-4H3. The first-order chi connectivity index (χ1) is 13.0. The summed E-state index contributed by atoms with van der Waals surface area (Å²) in [5.41, 5.74) is 1.87. The van der Waals surface area contributed by atoms with Gasteiger partial charge in [0.15, 0.2) is 11.6 Å². The van der Waals surface area contributed by atoms with E-state index in [0.717, 1.165) is 45.1 Å². The topological polar surface area (TPSA) is 59.2 Å². The molecule has 0 aromatic carbocycles. The molecule has 5 nitrogen and oxygen atoms in total. The molecule has 1 fully saturated rings. The molecule has 0 spiro atoms. The van der Waals surface area contributed by atoms with E-state index in [9.17, 15) is 4.79 Å². The molecule has 1 aliphatic rings. The van der Waals surface area contributed by atoms with Gasteiger partial charge in [-0.3, -0.25) is 4.79 Å². The highest BCUT2D eigenvalue weighted by atomic mass is 32.1. The van der Waals surface area contributed by atoms with E-state index in [4.69, 9.17) is 4.42 Å². The summed E-state index contributed by atoms with van der Waals surface area (Å²) in [5, 5.41) is 0.990. The molecule has 1 aliphatic carbocycles. The smallest absolute Gasteiger partial charge is 0.264 e. The van der Waals surface area contributed by atoms with Gasteiger partial charge < -0.3 is 9.32 Å². The predicted octanol–water partition coefficient (Wildman–Crippen LogP) is 5.22. The lowest BCUT2D eigenvalue weighted by molar-refractivity contribution is 0.0684. The number of furan rings is 1. The Morgan fingerprint density at radius 3 is 2.63 bits per heavy atom. The highest BCUT2D eigenvalue weighted by molar-refractivity contribution is 7.20. The maximum Gasteiger partial charge on any atom is 0.264 e. The van der Waals surface area contributed by atoms with Crippen molar-refractivity contribution in [2.75, 3.05) is 7.05 Å². The maximum absolute atomic E-state index is 13.2. The number of amides is 1. The molecule has 1 saturated carbocycles. The Kier molecular flexibility index (Phi) is 4.76. The second kappa shape index (κ2) is 7.08.